The molecule has 0 fully saturated rings. The van der Waals surface area contributed by atoms with Crippen LogP contribution in [-0.2, 0) is 19.6 Å². The third-order valence-electron chi connectivity index (χ3n) is 3.33. The zero-order valence-corrected chi connectivity index (χ0v) is 13.3. The van der Waals surface area contributed by atoms with E-state index >= 15 is 0 Å². The lowest BCUT2D eigenvalue weighted by molar-refractivity contribution is 0.0650. The monoisotopic (exact) mass is 332 g/mol. The van der Waals surface area contributed by atoms with Gasteiger partial charge in [-0.05, 0) is 29.2 Å². The molecule has 2 rings (SSSR count). The molecule has 0 amide bonds. The molecular formula is C18H20O6. The van der Waals surface area contributed by atoms with Crippen LogP contribution in [0.4, 0.5) is 0 Å². The van der Waals surface area contributed by atoms with Crippen LogP contribution in [0.2, 0.25) is 0 Å². The van der Waals surface area contributed by atoms with Crippen LogP contribution in [0.5, 0.6) is 0 Å². The molecule has 6 heteroatoms. The van der Waals surface area contributed by atoms with E-state index in [1.54, 1.807) is 25.1 Å². The summed E-state index contributed by atoms with van der Waals surface area (Å²) in [5.74, 6) is -2.41. The van der Waals surface area contributed by atoms with Crippen molar-refractivity contribution in [3.63, 3.8) is 0 Å². The van der Waals surface area contributed by atoms with Crippen LogP contribution >= 0.6 is 0 Å². The highest BCUT2D eigenvalue weighted by Crippen LogP contribution is 2.15. The summed E-state index contributed by atoms with van der Waals surface area (Å²) in [6, 6.07) is 11.7. The molecule has 4 N–H and O–H groups in total. The maximum absolute atomic E-state index is 10.8. The average Bonchev–Trinajstić information content (AvgIpc) is 2.61. The summed E-state index contributed by atoms with van der Waals surface area (Å²) < 4.78 is 0. The summed E-state index contributed by atoms with van der Waals surface area (Å²) in [6.07, 6.45) is 0.503. The number of rotatable bonds is 5. The Hall–Kier alpha value is -2.70. The fourth-order valence-corrected chi connectivity index (χ4v) is 2.15. The van der Waals surface area contributed by atoms with E-state index in [0.29, 0.717) is 12.0 Å². The summed E-state index contributed by atoms with van der Waals surface area (Å²) >= 11 is 0. The van der Waals surface area contributed by atoms with E-state index in [2.05, 4.69) is 0 Å². The lowest BCUT2D eigenvalue weighted by atomic mass is 9.99. The topological polar surface area (TPSA) is 115 Å². The van der Waals surface area contributed by atoms with E-state index in [4.69, 9.17) is 20.4 Å². The Morgan fingerprint density at radius 1 is 0.875 bits per heavy atom. The number of aliphatic hydroxyl groups excluding tert-OH is 2. The van der Waals surface area contributed by atoms with Crippen molar-refractivity contribution in [3.05, 3.63) is 70.3 Å². The number of carbonyl (C=O) groups is 2. The summed E-state index contributed by atoms with van der Waals surface area (Å²) in [6.45, 7) is 1.86. The minimum atomic E-state index is -1.21. The maximum atomic E-state index is 10.8. The fourth-order valence-electron chi connectivity index (χ4n) is 2.15. The van der Waals surface area contributed by atoms with E-state index in [1.165, 1.54) is 6.07 Å². The van der Waals surface area contributed by atoms with Gasteiger partial charge in [-0.15, -0.1) is 0 Å². The molecule has 0 heterocycles. The van der Waals surface area contributed by atoms with Crippen LogP contribution in [-0.4, -0.2) is 32.4 Å². The number of aliphatic hydroxyl groups is 2. The SMILES string of the molecule is CCc1cccc(C(=O)O)c1C(=O)O.OCc1cccc(CO)c1. The Kier molecular flexibility index (Phi) is 7.61. The summed E-state index contributed by atoms with van der Waals surface area (Å²) in [7, 11) is 0. The molecule has 0 spiro atoms. The first-order valence-corrected chi connectivity index (χ1v) is 7.32. The van der Waals surface area contributed by atoms with E-state index in [1.807, 2.05) is 18.2 Å². The quantitative estimate of drug-likeness (QED) is 0.668. The summed E-state index contributed by atoms with van der Waals surface area (Å²) in [4.78, 5) is 21.6. The highest BCUT2D eigenvalue weighted by Gasteiger charge is 2.18. The molecule has 0 aliphatic heterocycles. The molecule has 0 bridgehead atoms. The van der Waals surface area contributed by atoms with Crippen molar-refractivity contribution in [2.75, 3.05) is 0 Å². The molecule has 0 atom stereocenters. The van der Waals surface area contributed by atoms with Crippen molar-refractivity contribution in [1.29, 1.82) is 0 Å². The number of carboxylic acid groups (broad SMARTS) is 2. The number of hydrogen-bond acceptors (Lipinski definition) is 4. The zero-order chi connectivity index (χ0) is 18.1. The van der Waals surface area contributed by atoms with Crippen molar-refractivity contribution >= 4 is 11.9 Å². The molecule has 0 saturated carbocycles. The van der Waals surface area contributed by atoms with Crippen LogP contribution < -0.4 is 0 Å². The van der Waals surface area contributed by atoms with E-state index in [0.717, 1.165) is 11.1 Å². The van der Waals surface area contributed by atoms with Gasteiger partial charge in [-0.2, -0.15) is 0 Å². The molecule has 24 heavy (non-hydrogen) atoms. The number of aromatic carboxylic acids is 2. The van der Waals surface area contributed by atoms with E-state index in [-0.39, 0.29) is 24.3 Å². The molecule has 0 aliphatic rings. The van der Waals surface area contributed by atoms with Gasteiger partial charge in [-0.25, -0.2) is 9.59 Å². The van der Waals surface area contributed by atoms with Crippen molar-refractivity contribution < 1.29 is 30.0 Å². The molecule has 0 unspecified atom stereocenters. The first kappa shape index (κ1) is 19.3. The average molecular weight is 332 g/mol. The number of benzene rings is 2. The van der Waals surface area contributed by atoms with Gasteiger partial charge in [0.05, 0.1) is 24.3 Å². The summed E-state index contributed by atoms with van der Waals surface area (Å²) in [5.41, 5.74) is 1.95. The van der Waals surface area contributed by atoms with Crippen molar-refractivity contribution in [3.8, 4) is 0 Å². The molecule has 2 aromatic carbocycles. The van der Waals surface area contributed by atoms with Crippen LogP contribution in [0.1, 0.15) is 44.3 Å². The fraction of sp³-hybridized carbons (Fsp3) is 0.222. The molecule has 0 saturated heterocycles. The van der Waals surface area contributed by atoms with Gasteiger partial charge >= 0.3 is 11.9 Å². The lowest BCUT2D eigenvalue weighted by Crippen LogP contribution is -2.10. The normalized spacial score (nSPS) is 9.79. The van der Waals surface area contributed by atoms with Gasteiger partial charge in [0.1, 0.15) is 0 Å². The van der Waals surface area contributed by atoms with Gasteiger partial charge in [-0.1, -0.05) is 43.3 Å². The van der Waals surface area contributed by atoms with E-state index < -0.39 is 11.9 Å². The Labute approximate surface area is 139 Å². The van der Waals surface area contributed by atoms with Crippen LogP contribution in [0, 0.1) is 0 Å². The highest BCUT2D eigenvalue weighted by atomic mass is 16.4. The van der Waals surface area contributed by atoms with Crippen LogP contribution in [0.15, 0.2) is 42.5 Å². The van der Waals surface area contributed by atoms with Crippen molar-refractivity contribution in [2.24, 2.45) is 0 Å². The van der Waals surface area contributed by atoms with Gasteiger partial charge in [0.15, 0.2) is 0 Å². The largest absolute Gasteiger partial charge is 0.478 e. The van der Waals surface area contributed by atoms with Gasteiger partial charge in [0.25, 0.3) is 0 Å². The number of aryl methyl sites for hydroxylation is 1. The first-order chi connectivity index (χ1) is 11.4. The second kappa shape index (κ2) is 9.44. The number of carboxylic acids is 2. The van der Waals surface area contributed by atoms with Crippen molar-refractivity contribution in [1.82, 2.24) is 0 Å². The van der Waals surface area contributed by atoms with Gasteiger partial charge < -0.3 is 20.4 Å². The zero-order valence-electron chi connectivity index (χ0n) is 13.3. The van der Waals surface area contributed by atoms with E-state index in [9.17, 15) is 9.59 Å². The maximum Gasteiger partial charge on any atom is 0.336 e. The Balaban J connectivity index is 0.000000254. The van der Waals surface area contributed by atoms with Gasteiger partial charge in [0, 0.05) is 0 Å². The van der Waals surface area contributed by atoms with Gasteiger partial charge in [0.2, 0.25) is 0 Å². The molecule has 6 nitrogen and oxygen atoms in total. The van der Waals surface area contributed by atoms with Crippen LogP contribution in [0.25, 0.3) is 0 Å². The first-order valence-electron chi connectivity index (χ1n) is 7.32. The minimum Gasteiger partial charge on any atom is -0.478 e. The Bertz CT molecular complexity index is 689. The second-order valence-corrected chi connectivity index (χ2v) is 4.94. The molecule has 0 aliphatic carbocycles. The summed E-state index contributed by atoms with van der Waals surface area (Å²) in [5, 5.41) is 35.0. The Morgan fingerprint density at radius 3 is 1.83 bits per heavy atom. The third-order valence-corrected chi connectivity index (χ3v) is 3.33. The number of hydrogen-bond donors (Lipinski definition) is 4. The minimum absolute atomic E-state index is 0.0356. The van der Waals surface area contributed by atoms with Crippen LogP contribution in [0.3, 0.4) is 0 Å². The molecule has 128 valence electrons. The molecule has 2 aromatic rings. The molecule has 0 radical (unpaired) electrons. The standard InChI is InChI=1S/C10H10O4.C8H10O2/c1-2-6-4-3-5-7(9(11)12)8(6)10(13)14;9-5-7-2-1-3-8(4-7)6-10/h3-5H,2H2,1H3,(H,11,12)(H,13,14);1-4,9-10H,5-6H2. The third kappa shape index (κ3) is 5.19. The highest BCUT2D eigenvalue weighted by molar-refractivity contribution is 6.02. The second-order valence-electron chi connectivity index (χ2n) is 4.94. The Morgan fingerprint density at radius 2 is 1.42 bits per heavy atom. The molecule has 0 aromatic heterocycles. The molecular weight excluding hydrogens is 312 g/mol. The lowest BCUT2D eigenvalue weighted by Gasteiger charge is -2.06. The van der Waals surface area contributed by atoms with Gasteiger partial charge in [-0.3, -0.25) is 0 Å². The predicted molar refractivity (Wildman–Crippen MR) is 88.0 cm³/mol. The smallest absolute Gasteiger partial charge is 0.336 e. The van der Waals surface area contributed by atoms with Crippen molar-refractivity contribution in [2.45, 2.75) is 26.6 Å². The predicted octanol–water partition coefficient (Wildman–Crippen LogP) is 2.32.